The Kier molecular flexibility index (Phi) is 4.38. The normalized spacial score (nSPS) is 12.4. The predicted molar refractivity (Wildman–Crippen MR) is 74.2 cm³/mol. The predicted octanol–water partition coefficient (Wildman–Crippen LogP) is 4.52. The molecule has 2 aromatic carbocycles. The number of hydrogen-bond acceptors (Lipinski definition) is 1. The van der Waals surface area contributed by atoms with Gasteiger partial charge in [-0.1, -0.05) is 39.7 Å². The molecule has 0 heterocycles. The van der Waals surface area contributed by atoms with Crippen molar-refractivity contribution in [2.45, 2.75) is 12.5 Å². The van der Waals surface area contributed by atoms with Crippen LogP contribution in [0.25, 0.3) is 0 Å². The Bertz CT molecular complexity index is 542. The average Bonchev–Trinajstić information content (AvgIpc) is 2.34. The van der Waals surface area contributed by atoms with Crippen LogP contribution >= 0.6 is 27.5 Å². The summed E-state index contributed by atoms with van der Waals surface area (Å²) in [5.41, 5.74) is 1.16. The molecule has 0 amide bonds. The standard InChI is InChI=1S/C14H11BrClFO/c15-11-3-1-9(2-4-11)14(18)8-10-7-12(16)5-6-13(10)17/h1-7,14,18H,8H2. The highest BCUT2D eigenvalue weighted by molar-refractivity contribution is 9.10. The summed E-state index contributed by atoms with van der Waals surface area (Å²) in [5, 5.41) is 10.5. The third-order valence-corrected chi connectivity index (χ3v) is 3.44. The maximum Gasteiger partial charge on any atom is 0.126 e. The minimum Gasteiger partial charge on any atom is -0.388 e. The zero-order chi connectivity index (χ0) is 13.1. The van der Waals surface area contributed by atoms with Crippen LogP contribution in [0.2, 0.25) is 5.02 Å². The van der Waals surface area contributed by atoms with Crippen molar-refractivity contribution in [1.82, 2.24) is 0 Å². The lowest BCUT2D eigenvalue weighted by atomic mass is 10.0. The molecule has 0 aromatic heterocycles. The van der Waals surface area contributed by atoms with Gasteiger partial charge in [-0.05, 0) is 41.5 Å². The zero-order valence-corrected chi connectivity index (χ0v) is 11.7. The van der Waals surface area contributed by atoms with E-state index in [1.807, 2.05) is 12.1 Å². The van der Waals surface area contributed by atoms with Crippen LogP contribution in [0.1, 0.15) is 17.2 Å². The van der Waals surface area contributed by atoms with Crippen molar-refractivity contribution in [3.63, 3.8) is 0 Å². The van der Waals surface area contributed by atoms with Crippen molar-refractivity contribution in [3.05, 3.63) is 68.9 Å². The van der Waals surface area contributed by atoms with Crippen molar-refractivity contribution in [2.75, 3.05) is 0 Å². The van der Waals surface area contributed by atoms with E-state index in [4.69, 9.17) is 11.6 Å². The molecule has 4 heteroatoms. The second-order valence-electron chi connectivity index (χ2n) is 4.01. The Morgan fingerprint density at radius 3 is 2.50 bits per heavy atom. The third kappa shape index (κ3) is 3.31. The van der Waals surface area contributed by atoms with Gasteiger partial charge in [0.1, 0.15) is 5.82 Å². The summed E-state index contributed by atoms with van der Waals surface area (Å²) in [7, 11) is 0. The largest absolute Gasteiger partial charge is 0.388 e. The molecule has 18 heavy (non-hydrogen) atoms. The minimum absolute atomic E-state index is 0.202. The van der Waals surface area contributed by atoms with Crippen LogP contribution in [0.4, 0.5) is 4.39 Å². The second kappa shape index (κ2) is 5.83. The van der Waals surface area contributed by atoms with Crippen molar-refractivity contribution in [3.8, 4) is 0 Å². The zero-order valence-electron chi connectivity index (χ0n) is 9.41. The average molecular weight is 330 g/mol. The van der Waals surface area contributed by atoms with E-state index in [0.717, 1.165) is 10.0 Å². The Hall–Kier alpha value is -0.900. The van der Waals surface area contributed by atoms with Crippen LogP contribution < -0.4 is 0 Å². The Balaban J connectivity index is 2.18. The molecule has 0 fully saturated rings. The molecule has 0 aliphatic heterocycles. The van der Waals surface area contributed by atoms with E-state index < -0.39 is 6.10 Å². The first-order chi connectivity index (χ1) is 8.56. The molecule has 1 N–H and O–H groups in total. The number of halogens is 3. The van der Waals surface area contributed by atoms with Crippen molar-refractivity contribution >= 4 is 27.5 Å². The van der Waals surface area contributed by atoms with E-state index in [2.05, 4.69) is 15.9 Å². The summed E-state index contributed by atoms with van der Waals surface area (Å²) >= 11 is 9.14. The smallest absolute Gasteiger partial charge is 0.126 e. The lowest BCUT2D eigenvalue weighted by Crippen LogP contribution is -2.03. The fourth-order valence-corrected chi connectivity index (χ4v) is 2.17. The van der Waals surface area contributed by atoms with Crippen LogP contribution in [-0.4, -0.2) is 5.11 Å². The summed E-state index contributed by atoms with van der Waals surface area (Å²) in [5.74, 6) is -0.351. The molecule has 2 rings (SSSR count). The van der Waals surface area contributed by atoms with Crippen molar-refractivity contribution in [1.29, 1.82) is 0 Å². The Labute approximate surface area is 118 Å². The van der Waals surface area contributed by atoms with E-state index >= 15 is 0 Å². The lowest BCUT2D eigenvalue weighted by Gasteiger charge is -2.12. The summed E-state index contributed by atoms with van der Waals surface area (Å²) in [6.07, 6.45) is -0.542. The fraction of sp³-hybridized carbons (Fsp3) is 0.143. The highest BCUT2D eigenvalue weighted by atomic mass is 79.9. The molecule has 0 aliphatic carbocycles. The summed E-state index contributed by atoms with van der Waals surface area (Å²) in [4.78, 5) is 0. The van der Waals surface area contributed by atoms with Gasteiger partial charge in [0, 0.05) is 15.9 Å². The second-order valence-corrected chi connectivity index (χ2v) is 5.36. The molecular weight excluding hydrogens is 319 g/mol. The van der Waals surface area contributed by atoms with E-state index in [1.165, 1.54) is 12.1 Å². The lowest BCUT2D eigenvalue weighted by molar-refractivity contribution is 0.177. The number of aliphatic hydroxyl groups excluding tert-OH is 1. The Morgan fingerprint density at radius 2 is 1.83 bits per heavy atom. The minimum atomic E-state index is -0.744. The summed E-state index contributed by atoms with van der Waals surface area (Å²) in [6.45, 7) is 0. The van der Waals surface area contributed by atoms with Gasteiger partial charge in [0.15, 0.2) is 0 Å². The van der Waals surface area contributed by atoms with Gasteiger partial charge in [-0.15, -0.1) is 0 Å². The molecule has 0 saturated heterocycles. The van der Waals surface area contributed by atoms with Gasteiger partial charge in [-0.3, -0.25) is 0 Å². The molecule has 0 bridgehead atoms. The molecule has 1 unspecified atom stereocenters. The first-order valence-electron chi connectivity index (χ1n) is 5.44. The van der Waals surface area contributed by atoms with Gasteiger partial charge in [0.05, 0.1) is 6.10 Å². The number of rotatable bonds is 3. The quantitative estimate of drug-likeness (QED) is 0.878. The summed E-state index contributed by atoms with van der Waals surface area (Å²) in [6, 6.07) is 11.6. The van der Waals surface area contributed by atoms with Crippen LogP contribution in [0, 0.1) is 5.82 Å². The SMILES string of the molecule is OC(Cc1cc(Cl)ccc1F)c1ccc(Br)cc1. The Morgan fingerprint density at radius 1 is 1.17 bits per heavy atom. The molecule has 2 aromatic rings. The highest BCUT2D eigenvalue weighted by Gasteiger charge is 2.12. The topological polar surface area (TPSA) is 20.2 Å². The molecule has 94 valence electrons. The first-order valence-corrected chi connectivity index (χ1v) is 6.61. The van der Waals surface area contributed by atoms with E-state index in [9.17, 15) is 9.50 Å². The van der Waals surface area contributed by atoms with E-state index in [1.54, 1.807) is 18.2 Å². The molecular formula is C14H11BrClFO. The third-order valence-electron chi connectivity index (χ3n) is 2.68. The summed E-state index contributed by atoms with van der Waals surface area (Å²) < 4.78 is 14.5. The van der Waals surface area contributed by atoms with Gasteiger partial charge in [-0.25, -0.2) is 4.39 Å². The number of aliphatic hydroxyl groups is 1. The van der Waals surface area contributed by atoms with Gasteiger partial charge in [-0.2, -0.15) is 0 Å². The molecule has 0 spiro atoms. The van der Waals surface area contributed by atoms with Crippen LogP contribution in [-0.2, 0) is 6.42 Å². The van der Waals surface area contributed by atoms with Gasteiger partial charge < -0.3 is 5.11 Å². The van der Waals surface area contributed by atoms with Crippen molar-refractivity contribution < 1.29 is 9.50 Å². The number of hydrogen-bond donors (Lipinski definition) is 1. The molecule has 0 aliphatic rings. The van der Waals surface area contributed by atoms with E-state index in [0.29, 0.717) is 10.6 Å². The maximum absolute atomic E-state index is 13.5. The molecule has 0 radical (unpaired) electrons. The first kappa shape index (κ1) is 13.5. The van der Waals surface area contributed by atoms with E-state index in [-0.39, 0.29) is 12.2 Å². The fourth-order valence-electron chi connectivity index (χ4n) is 1.71. The molecule has 1 atom stereocenters. The van der Waals surface area contributed by atoms with Crippen LogP contribution in [0.3, 0.4) is 0 Å². The molecule has 1 nitrogen and oxygen atoms in total. The monoisotopic (exact) mass is 328 g/mol. The van der Waals surface area contributed by atoms with Gasteiger partial charge >= 0.3 is 0 Å². The maximum atomic E-state index is 13.5. The van der Waals surface area contributed by atoms with Gasteiger partial charge in [0.2, 0.25) is 0 Å². The highest BCUT2D eigenvalue weighted by Crippen LogP contribution is 2.23. The number of benzene rings is 2. The molecule has 0 saturated carbocycles. The van der Waals surface area contributed by atoms with Gasteiger partial charge in [0.25, 0.3) is 0 Å². The van der Waals surface area contributed by atoms with Crippen LogP contribution in [0.15, 0.2) is 46.9 Å². The van der Waals surface area contributed by atoms with Crippen LogP contribution in [0.5, 0.6) is 0 Å². The van der Waals surface area contributed by atoms with Crippen molar-refractivity contribution in [2.24, 2.45) is 0 Å².